The molecule has 3 aromatic rings. The van der Waals surface area contributed by atoms with Crippen LogP contribution in [0.15, 0.2) is 77.0 Å². The summed E-state index contributed by atoms with van der Waals surface area (Å²) in [5.41, 5.74) is 0.647. The Kier molecular flexibility index (Phi) is 6.87. The number of hydrogen-bond donors (Lipinski definition) is 1. The number of thiophene rings is 1. The zero-order valence-electron chi connectivity index (χ0n) is 17.6. The summed E-state index contributed by atoms with van der Waals surface area (Å²) in [6.45, 7) is 0.562. The van der Waals surface area contributed by atoms with Crippen LogP contribution >= 0.6 is 11.3 Å². The Balaban J connectivity index is 1.48. The maximum absolute atomic E-state index is 13.4. The van der Waals surface area contributed by atoms with Gasteiger partial charge in [0.2, 0.25) is 15.9 Å². The fourth-order valence-corrected chi connectivity index (χ4v) is 5.68. The molecule has 1 fully saturated rings. The third-order valence-electron chi connectivity index (χ3n) is 5.40. The molecule has 0 bridgehead atoms. The predicted molar refractivity (Wildman–Crippen MR) is 123 cm³/mol. The largest absolute Gasteiger partial charge is 0.338 e. The van der Waals surface area contributed by atoms with Gasteiger partial charge in [-0.3, -0.25) is 9.59 Å². The van der Waals surface area contributed by atoms with Gasteiger partial charge in [-0.1, -0.05) is 36.4 Å². The lowest BCUT2D eigenvalue weighted by atomic mass is 10.0. The van der Waals surface area contributed by atoms with Crippen molar-refractivity contribution >= 4 is 33.2 Å². The third-order valence-corrected chi connectivity index (χ3v) is 8.18. The summed E-state index contributed by atoms with van der Waals surface area (Å²) >= 11 is 1.28. The number of carbonyl (C=O) groups excluding carboxylic acids is 2. The normalized spacial score (nSPS) is 15.7. The summed E-state index contributed by atoms with van der Waals surface area (Å²) in [5.74, 6) is -1.16. The number of benzene rings is 2. The highest BCUT2D eigenvalue weighted by Crippen LogP contribution is 2.22. The Labute approximate surface area is 195 Å². The molecule has 7 nitrogen and oxygen atoms in total. The van der Waals surface area contributed by atoms with Crippen molar-refractivity contribution in [1.82, 2.24) is 14.5 Å². The van der Waals surface area contributed by atoms with Gasteiger partial charge >= 0.3 is 0 Å². The Morgan fingerprint density at radius 1 is 0.909 bits per heavy atom. The minimum Gasteiger partial charge on any atom is -0.338 e. The monoisotopic (exact) mass is 487 g/mol. The van der Waals surface area contributed by atoms with Gasteiger partial charge in [-0.2, -0.15) is 4.31 Å². The van der Waals surface area contributed by atoms with Crippen molar-refractivity contribution in [1.29, 1.82) is 0 Å². The maximum atomic E-state index is 13.4. The van der Waals surface area contributed by atoms with E-state index in [9.17, 15) is 22.4 Å². The van der Waals surface area contributed by atoms with Crippen molar-refractivity contribution < 1.29 is 22.4 Å². The van der Waals surface area contributed by atoms with E-state index in [1.807, 2.05) is 6.07 Å². The van der Waals surface area contributed by atoms with E-state index in [2.05, 4.69) is 5.32 Å². The summed E-state index contributed by atoms with van der Waals surface area (Å²) in [6.07, 6.45) is 0. The second-order valence-electron chi connectivity index (χ2n) is 7.48. The minimum atomic E-state index is -3.79. The topological polar surface area (TPSA) is 86.8 Å². The number of rotatable bonds is 6. The number of carbonyl (C=O) groups is 2. The van der Waals surface area contributed by atoms with E-state index in [0.29, 0.717) is 10.4 Å². The first-order chi connectivity index (χ1) is 15.9. The van der Waals surface area contributed by atoms with Crippen molar-refractivity contribution in [2.24, 2.45) is 0 Å². The molecule has 0 saturated carbocycles. The van der Waals surface area contributed by atoms with Crippen LogP contribution in [0.1, 0.15) is 21.3 Å². The highest BCUT2D eigenvalue weighted by Gasteiger charge is 2.34. The second-order valence-corrected chi connectivity index (χ2v) is 10.4. The van der Waals surface area contributed by atoms with Gasteiger partial charge in [-0.25, -0.2) is 12.8 Å². The van der Waals surface area contributed by atoms with Crippen LogP contribution in [0.5, 0.6) is 0 Å². The summed E-state index contributed by atoms with van der Waals surface area (Å²) in [4.78, 5) is 28.1. The third kappa shape index (κ3) is 5.13. The molecule has 2 heterocycles. The van der Waals surface area contributed by atoms with Gasteiger partial charge < -0.3 is 10.2 Å². The Bertz CT molecular complexity index is 1210. The van der Waals surface area contributed by atoms with Crippen LogP contribution in [0.2, 0.25) is 0 Å². The quantitative estimate of drug-likeness (QED) is 0.579. The van der Waals surface area contributed by atoms with Crippen molar-refractivity contribution in [2.75, 3.05) is 26.2 Å². The van der Waals surface area contributed by atoms with Crippen molar-refractivity contribution in [2.45, 2.75) is 10.9 Å². The molecule has 1 N–H and O–H groups in total. The van der Waals surface area contributed by atoms with Gasteiger partial charge in [0.15, 0.2) is 0 Å². The fourth-order valence-electron chi connectivity index (χ4n) is 3.63. The van der Waals surface area contributed by atoms with E-state index in [1.165, 1.54) is 27.8 Å². The molecule has 1 aliphatic rings. The molecule has 2 aromatic carbocycles. The van der Waals surface area contributed by atoms with Crippen LogP contribution in [0.3, 0.4) is 0 Å². The summed E-state index contributed by atoms with van der Waals surface area (Å²) in [6, 6.07) is 16.2. The number of nitrogens with zero attached hydrogens (tertiary/aromatic N) is 2. The Morgan fingerprint density at radius 3 is 2.18 bits per heavy atom. The Hall–Kier alpha value is -3.08. The van der Waals surface area contributed by atoms with Crippen molar-refractivity contribution in [3.05, 3.63) is 88.4 Å². The van der Waals surface area contributed by atoms with Gasteiger partial charge in [-0.05, 0) is 41.3 Å². The molecule has 33 heavy (non-hydrogen) atoms. The molecule has 172 valence electrons. The molecular weight excluding hydrogens is 465 g/mol. The number of amides is 2. The molecule has 4 rings (SSSR count). The van der Waals surface area contributed by atoms with E-state index >= 15 is 0 Å². The molecule has 1 aromatic heterocycles. The first-order valence-corrected chi connectivity index (χ1v) is 12.6. The molecule has 2 amide bonds. The number of piperazine rings is 1. The average Bonchev–Trinajstić information content (AvgIpc) is 3.38. The lowest BCUT2D eigenvalue weighted by Crippen LogP contribution is -2.53. The van der Waals surface area contributed by atoms with Crippen LogP contribution in [0.25, 0.3) is 0 Å². The van der Waals surface area contributed by atoms with E-state index < -0.39 is 21.9 Å². The SMILES string of the molecule is O=C(NC(C(=O)N1CCN(S(=O)(=O)c2ccc(F)cc2)CC1)c1ccccc1)c1cccs1. The molecule has 1 unspecified atom stereocenters. The second kappa shape index (κ2) is 9.82. The molecule has 1 saturated heterocycles. The van der Waals surface area contributed by atoms with E-state index in [-0.39, 0.29) is 42.9 Å². The molecule has 1 atom stereocenters. The molecule has 10 heteroatoms. The van der Waals surface area contributed by atoms with Gasteiger partial charge in [0.25, 0.3) is 5.91 Å². The molecular formula is C23H22FN3O4S2. The van der Waals surface area contributed by atoms with Gasteiger partial charge in [0.05, 0.1) is 9.77 Å². The van der Waals surface area contributed by atoms with Crippen LogP contribution in [0, 0.1) is 5.82 Å². The summed E-state index contributed by atoms with van der Waals surface area (Å²) < 4.78 is 40.2. The smallest absolute Gasteiger partial charge is 0.262 e. The number of hydrogen-bond acceptors (Lipinski definition) is 5. The first-order valence-electron chi connectivity index (χ1n) is 10.3. The minimum absolute atomic E-state index is 0.00838. The summed E-state index contributed by atoms with van der Waals surface area (Å²) in [7, 11) is -3.79. The van der Waals surface area contributed by atoms with Gasteiger partial charge in [0.1, 0.15) is 11.9 Å². The fraction of sp³-hybridized carbons (Fsp3) is 0.217. The Morgan fingerprint density at radius 2 is 1.58 bits per heavy atom. The number of nitrogens with one attached hydrogen (secondary N) is 1. The summed E-state index contributed by atoms with van der Waals surface area (Å²) in [5, 5.41) is 4.61. The zero-order chi connectivity index (χ0) is 23.4. The van der Waals surface area contributed by atoms with E-state index in [4.69, 9.17) is 0 Å². The van der Waals surface area contributed by atoms with Crippen LogP contribution < -0.4 is 5.32 Å². The lowest BCUT2D eigenvalue weighted by Gasteiger charge is -2.36. The van der Waals surface area contributed by atoms with Crippen molar-refractivity contribution in [3.8, 4) is 0 Å². The average molecular weight is 488 g/mol. The zero-order valence-corrected chi connectivity index (χ0v) is 19.2. The number of sulfonamides is 1. The van der Waals surface area contributed by atoms with E-state index in [1.54, 1.807) is 46.7 Å². The highest BCUT2D eigenvalue weighted by molar-refractivity contribution is 7.89. The molecule has 0 aliphatic carbocycles. The maximum Gasteiger partial charge on any atom is 0.262 e. The standard InChI is InChI=1S/C23H22FN3O4S2/c24-18-8-10-19(11-9-18)33(30,31)27-14-12-26(13-15-27)23(29)21(17-5-2-1-3-6-17)25-22(28)20-7-4-16-32-20/h1-11,16,21H,12-15H2,(H,25,28). The molecule has 1 aliphatic heterocycles. The first kappa shape index (κ1) is 23.1. The van der Waals surface area contributed by atoms with Crippen LogP contribution in [-0.2, 0) is 14.8 Å². The van der Waals surface area contributed by atoms with E-state index in [0.717, 1.165) is 12.1 Å². The van der Waals surface area contributed by atoms with Gasteiger partial charge in [-0.15, -0.1) is 11.3 Å². The van der Waals surface area contributed by atoms with Gasteiger partial charge in [0, 0.05) is 26.2 Å². The highest BCUT2D eigenvalue weighted by atomic mass is 32.2. The molecule has 0 spiro atoms. The number of halogens is 1. The predicted octanol–water partition coefficient (Wildman–Crippen LogP) is 2.89. The molecule has 0 radical (unpaired) electrons. The van der Waals surface area contributed by atoms with Crippen LogP contribution in [0.4, 0.5) is 4.39 Å². The van der Waals surface area contributed by atoms with Crippen molar-refractivity contribution in [3.63, 3.8) is 0 Å². The lowest BCUT2D eigenvalue weighted by molar-refractivity contribution is -0.134. The van der Waals surface area contributed by atoms with Crippen LogP contribution in [-0.4, -0.2) is 55.6 Å².